The van der Waals surface area contributed by atoms with Gasteiger partial charge in [0, 0.05) is 25.6 Å². The maximum Gasteiger partial charge on any atom is 0.418 e. The molecule has 0 saturated heterocycles. The number of rotatable bonds is 7. The van der Waals surface area contributed by atoms with Gasteiger partial charge in [-0.05, 0) is 6.07 Å². The van der Waals surface area contributed by atoms with Crippen LogP contribution in [0.15, 0.2) is 24.8 Å². The summed E-state index contributed by atoms with van der Waals surface area (Å²) < 4.78 is 39.0. The number of Topliss-reactive ketones (excluding diaryl/α,β-unsaturated/α-hetero) is 1. The number of aromatic nitrogens is 4. The number of alkyl halides is 3. The van der Waals surface area contributed by atoms with Crippen LogP contribution < -0.4 is 10.6 Å². The Kier molecular flexibility index (Phi) is 7.50. The van der Waals surface area contributed by atoms with Gasteiger partial charge in [0.1, 0.15) is 33.6 Å². The summed E-state index contributed by atoms with van der Waals surface area (Å²) in [6, 6.07) is 0.647. The van der Waals surface area contributed by atoms with Gasteiger partial charge in [0.05, 0.1) is 21.8 Å². The Hall–Kier alpha value is -2.83. The molecule has 0 spiro atoms. The second-order valence-corrected chi connectivity index (χ2v) is 8.57. The quantitative estimate of drug-likeness (QED) is 0.407. The number of halogens is 5. The smallest absolute Gasteiger partial charge is 0.372 e. The monoisotopic (exact) mass is 518 g/mol. The van der Waals surface area contributed by atoms with Crippen molar-refractivity contribution in [2.24, 2.45) is 0 Å². The topological polar surface area (TPSA) is 110 Å². The van der Waals surface area contributed by atoms with Crippen molar-refractivity contribution in [3.63, 3.8) is 0 Å². The fourth-order valence-corrected chi connectivity index (χ4v) is 4.10. The van der Waals surface area contributed by atoms with Crippen LogP contribution in [0, 0.1) is 0 Å². The summed E-state index contributed by atoms with van der Waals surface area (Å²) in [4.78, 5) is 40.9. The second kappa shape index (κ2) is 9.98. The first-order valence-corrected chi connectivity index (χ1v) is 10.8. The minimum Gasteiger partial charge on any atom is -0.372 e. The number of carbonyl (C=O) groups is 2. The fraction of sp³-hybridized carbons (Fsp3) is 0.263. The SMILES string of the molecule is CNc1ncnc(C(=O)C[C@H](C)c2ncc(C(=O)Nc3cc(C(F)(F)F)c(Cl)cn3)s2)c1Cl. The van der Waals surface area contributed by atoms with Crippen LogP contribution in [0.1, 0.15) is 50.0 Å². The number of anilines is 2. The fourth-order valence-electron chi connectivity index (χ4n) is 2.72. The Bertz CT molecular complexity index is 1200. The average Bonchev–Trinajstić information content (AvgIpc) is 3.25. The van der Waals surface area contributed by atoms with E-state index in [1.54, 1.807) is 14.0 Å². The molecule has 2 N–H and O–H groups in total. The number of thiazole rings is 1. The Morgan fingerprint density at radius 1 is 1.15 bits per heavy atom. The van der Waals surface area contributed by atoms with Gasteiger partial charge < -0.3 is 10.6 Å². The van der Waals surface area contributed by atoms with E-state index < -0.39 is 22.7 Å². The molecule has 0 aliphatic heterocycles. The summed E-state index contributed by atoms with van der Waals surface area (Å²) in [6.45, 7) is 1.74. The number of ketones is 1. The van der Waals surface area contributed by atoms with Crippen LogP contribution in [0.25, 0.3) is 0 Å². The summed E-state index contributed by atoms with van der Waals surface area (Å²) in [5.41, 5.74) is -1.05. The van der Waals surface area contributed by atoms with E-state index in [1.807, 2.05) is 0 Å². The molecule has 1 atom stereocenters. The van der Waals surface area contributed by atoms with Crippen molar-refractivity contribution >= 4 is 57.9 Å². The van der Waals surface area contributed by atoms with Gasteiger partial charge in [0.15, 0.2) is 5.78 Å². The zero-order valence-corrected chi connectivity index (χ0v) is 19.3. The summed E-state index contributed by atoms with van der Waals surface area (Å²) >= 11 is 12.7. The number of amides is 1. The van der Waals surface area contributed by atoms with E-state index >= 15 is 0 Å². The number of hydrogen-bond acceptors (Lipinski definition) is 8. The number of carbonyl (C=O) groups excluding carboxylic acids is 2. The maximum absolute atomic E-state index is 13.0. The first kappa shape index (κ1) is 24.8. The van der Waals surface area contributed by atoms with Gasteiger partial charge in [0.2, 0.25) is 0 Å². The molecule has 3 rings (SSSR count). The highest BCUT2D eigenvalue weighted by molar-refractivity contribution is 7.13. The average molecular weight is 519 g/mol. The Morgan fingerprint density at radius 3 is 2.55 bits per heavy atom. The van der Waals surface area contributed by atoms with Crippen molar-refractivity contribution in [1.29, 1.82) is 0 Å². The zero-order valence-electron chi connectivity index (χ0n) is 17.0. The van der Waals surface area contributed by atoms with Gasteiger partial charge in [0.25, 0.3) is 5.91 Å². The van der Waals surface area contributed by atoms with E-state index in [9.17, 15) is 22.8 Å². The molecule has 1 amide bonds. The van der Waals surface area contributed by atoms with Gasteiger partial charge in [-0.2, -0.15) is 13.2 Å². The van der Waals surface area contributed by atoms with Crippen LogP contribution in [0.2, 0.25) is 10.0 Å². The first-order chi connectivity index (χ1) is 15.5. The van der Waals surface area contributed by atoms with Gasteiger partial charge in [-0.15, -0.1) is 11.3 Å². The molecule has 0 unspecified atom stereocenters. The molecule has 0 aromatic carbocycles. The molecule has 3 aromatic rings. The lowest BCUT2D eigenvalue weighted by molar-refractivity contribution is -0.137. The highest BCUT2D eigenvalue weighted by Gasteiger charge is 2.34. The molecule has 3 aromatic heterocycles. The Balaban J connectivity index is 1.70. The van der Waals surface area contributed by atoms with Crippen LogP contribution in [0.3, 0.4) is 0 Å². The molecule has 8 nitrogen and oxygen atoms in total. The van der Waals surface area contributed by atoms with E-state index in [2.05, 4.69) is 30.6 Å². The third-order valence-corrected chi connectivity index (χ3v) is 6.24. The number of pyridine rings is 1. The standard InChI is InChI=1S/C19H15Cl2F3N6O2S/c1-8(3-11(31)15-14(21)16(25-2)29-7-28-15)18-27-6-12(33-18)17(32)30-13-4-9(19(22,23)24)10(20)5-26-13/h4-8H,3H2,1-2H3,(H,25,28,29)(H,26,30,32)/t8-/m0/s1. The zero-order chi connectivity index (χ0) is 24.3. The predicted molar refractivity (Wildman–Crippen MR) is 118 cm³/mol. The normalized spacial score (nSPS) is 12.3. The van der Waals surface area contributed by atoms with Crippen LogP contribution in [0.5, 0.6) is 0 Å². The molecule has 174 valence electrons. The molecule has 33 heavy (non-hydrogen) atoms. The molecule has 3 heterocycles. The molecular formula is C19H15Cl2F3N6O2S. The molecular weight excluding hydrogens is 504 g/mol. The predicted octanol–water partition coefficient (Wildman–Crippen LogP) is 5.32. The van der Waals surface area contributed by atoms with E-state index in [0.29, 0.717) is 16.9 Å². The van der Waals surface area contributed by atoms with E-state index in [0.717, 1.165) is 17.5 Å². The highest BCUT2D eigenvalue weighted by atomic mass is 35.5. The minimum atomic E-state index is -4.69. The molecule has 14 heteroatoms. The van der Waals surface area contributed by atoms with Crippen molar-refractivity contribution < 1.29 is 22.8 Å². The van der Waals surface area contributed by atoms with Crippen molar-refractivity contribution in [1.82, 2.24) is 19.9 Å². The Labute approximate surface area is 199 Å². The lowest BCUT2D eigenvalue weighted by Gasteiger charge is -2.10. The van der Waals surface area contributed by atoms with Crippen LogP contribution in [-0.4, -0.2) is 38.7 Å². The summed E-state index contributed by atoms with van der Waals surface area (Å²) in [6.07, 6.45) is -1.38. The van der Waals surface area contributed by atoms with Crippen LogP contribution in [0.4, 0.5) is 24.8 Å². The third-order valence-electron chi connectivity index (χ3n) is 4.35. The van der Waals surface area contributed by atoms with Crippen LogP contribution >= 0.6 is 34.5 Å². The molecule has 0 radical (unpaired) electrons. The number of nitrogens with zero attached hydrogens (tertiary/aromatic N) is 4. The van der Waals surface area contributed by atoms with Crippen molar-refractivity contribution in [3.05, 3.63) is 56.0 Å². The lowest BCUT2D eigenvalue weighted by Crippen LogP contribution is -2.13. The third kappa shape index (κ3) is 5.75. The summed E-state index contributed by atoms with van der Waals surface area (Å²) in [5, 5.41) is 5.05. The molecule has 0 fully saturated rings. The van der Waals surface area contributed by atoms with E-state index in [-0.39, 0.29) is 39.5 Å². The molecule has 0 aliphatic rings. The molecule has 0 aliphatic carbocycles. The van der Waals surface area contributed by atoms with E-state index in [1.165, 1.54) is 12.5 Å². The van der Waals surface area contributed by atoms with Gasteiger partial charge >= 0.3 is 6.18 Å². The Morgan fingerprint density at radius 2 is 1.88 bits per heavy atom. The van der Waals surface area contributed by atoms with Crippen LogP contribution in [-0.2, 0) is 6.18 Å². The summed E-state index contributed by atoms with van der Waals surface area (Å²) in [5.74, 6) is -1.40. The second-order valence-electron chi connectivity index (χ2n) is 6.73. The maximum atomic E-state index is 13.0. The number of nitrogens with one attached hydrogen (secondary N) is 2. The minimum absolute atomic E-state index is 0.0160. The number of hydrogen-bond donors (Lipinski definition) is 2. The van der Waals surface area contributed by atoms with Gasteiger partial charge in [-0.25, -0.2) is 19.9 Å². The van der Waals surface area contributed by atoms with Gasteiger partial charge in [-0.3, -0.25) is 9.59 Å². The highest BCUT2D eigenvalue weighted by Crippen LogP contribution is 2.35. The largest absolute Gasteiger partial charge is 0.418 e. The lowest BCUT2D eigenvalue weighted by atomic mass is 10.0. The summed E-state index contributed by atoms with van der Waals surface area (Å²) in [7, 11) is 1.61. The van der Waals surface area contributed by atoms with Crippen molar-refractivity contribution in [3.8, 4) is 0 Å². The molecule has 0 bridgehead atoms. The van der Waals surface area contributed by atoms with Gasteiger partial charge in [-0.1, -0.05) is 30.1 Å². The van der Waals surface area contributed by atoms with Crippen molar-refractivity contribution in [2.45, 2.75) is 25.4 Å². The van der Waals surface area contributed by atoms with E-state index in [4.69, 9.17) is 23.2 Å². The molecule has 0 saturated carbocycles. The van der Waals surface area contributed by atoms with Crippen molar-refractivity contribution in [2.75, 3.05) is 17.7 Å². The first-order valence-electron chi connectivity index (χ1n) is 9.22.